The Morgan fingerprint density at radius 1 is 1.35 bits per heavy atom. The summed E-state index contributed by atoms with van der Waals surface area (Å²) >= 11 is 1.70. The quantitative estimate of drug-likeness (QED) is 0.823. The summed E-state index contributed by atoms with van der Waals surface area (Å²) in [4.78, 5) is 18.7. The molecule has 1 heterocycles. The Labute approximate surface area is 106 Å². The molecule has 0 fully saturated rings. The van der Waals surface area contributed by atoms with E-state index in [1.54, 1.807) is 11.3 Å². The fourth-order valence-electron chi connectivity index (χ4n) is 1.94. The molecule has 2 rings (SSSR count). The van der Waals surface area contributed by atoms with Crippen molar-refractivity contribution in [3.8, 4) is 0 Å². The highest BCUT2D eigenvalue weighted by Crippen LogP contribution is 2.30. The lowest BCUT2D eigenvalue weighted by Crippen LogP contribution is -2.33. The lowest BCUT2D eigenvalue weighted by Gasteiger charge is -2.19. The van der Waals surface area contributed by atoms with Crippen LogP contribution in [0.25, 0.3) is 0 Å². The zero-order valence-electron chi connectivity index (χ0n) is 10.6. The molecule has 0 bridgehead atoms. The second kappa shape index (κ2) is 4.78. The number of carbonyl (C=O) groups is 1. The molecule has 0 aromatic carbocycles. The van der Waals surface area contributed by atoms with Gasteiger partial charge in [-0.25, -0.2) is 5.48 Å². The molecule has 0 atom stereocenters. The van der Waals surface area contributed by atoms with E-state index in [0.29, 0.717) is 0 Å². The first-order chi connectivity index (χ1) is 7.97. The maximum atomic E-state index is 12.0. The fourth-order valence-corrected chi connectivity index (χ4v) is 3.06. The molecule has 17 heavy (non-hydrogen) atoms. The molecule has 1 amide bonds. The van der Waals surface area contributed by atoms with E-state index in [0.717, 1.165) is 18.4 Å². The van der Waals surface area contributed by atoms with Gasteiger partial charge in [-0.05, 0) is 52.0 Å². The number of aryl methyl sites for hydroxylation is 1. The van der Waals surface area contributed by atoms with Crippen LogP contribution < -0.4 is 5.48 Å². The molecule has 0 saturated carbocycles. The fraction of sp³-hybridized carbons (Fsp3) is 0.615. The maximum absolute atomic E-state index is 12.0. The Bertz CT molecular complexity index is 418. The molecule has 1 aromatic heterocycles. The molecule has 0 radical (unpaired) electrons. The Morgan fingerprint density at radius 3 is 2.76 bits per heavy atom. The van der Waals surface area contributed by atoms with Crippen molar-refractivity contribution >= 4 is 17.2 Å². The molecule has 0 saturated heterocycles. The highest BCUT2D eigenvalue weighted by atomic mass is 32.1. The molecular formula is C13H19NO2S. The highest BCUT2D eigenvalue weighted by Gasteiger charge is 2.21. The highest BCUT2D eigenvalue weighted by molar-refractivity contribution is 7.10. The van der Waals surface area contributed by atoms with Crippen molar-refractivity contribution in [1.29, 1.82) is 0 Å². The van der Waals surface area contributed by atoms with Crippen LogP contribution in [0.15, 0.2) is 5.38 Å². The molecule has 0 aliphatic heterocycles. The summed E-state index contributed by atoms with van der Waals surface area (Å²) in [5.74, 6) is -0.112. The zero-order chi connectivity index (χ0) is 12.5. The number of hydroxylamine groups is 1. The van der Waals surface area contributed by atoms with Crippen molar-refractivity contribution in [2.75, 3.05) is 0 Å². The van der Waals surface area contributed by atoms with Gasteiger partial charge in [-0.15, -0.1) is 11.3 Å². The smallest absolute Gasteiger partial charge is 0.268 e. The van der Waals surface area contributed by atoms with E-state index in [1.165, 1.54) is 23.3 Å². The van der Waals surface area contributed by atoms with E-state index in [9.17, 15) is 4.79 Å². The lowest BCUT2D eigenvalue weighted by atomic mass is 9.96. The van der Waals surface area contributed by atoms with Crippen molar-refractivity contribution in [3.05, 3.63) is 21.4 Å². The third-order valence-corrected chi connectivity index (χ3v) is 3.84. The molecular weight excluding hydrogens is 234 g/mol. The summed E-state index contributed by atoms with van der Waals surface area (Å²) in [6.07, 6.45) is 4.57. The first kappa shape index (κ1) is 12.6. The van der Waals surface area contributed by atoms with Crippen molar-refractivity contribution in [1.82, 2.24) is 5.48 Å². The summed E-state index contributed by atoms with van der Waals surface area (Å²) in [6.45, 7) is 5.74. The monoisotopic (exact) mass is 253 g/mol. The van der Waals surface area contributed by atoms with Crippen molar-refractivity contribution < 1.29 is 9.63 Å². The Hall–Kier alpha value is -0.870. The van der Waals surface area contributed by atoms with Crippen LogP contribution in [-0.4, -0.2) is 11.5 Å². The molecule has 1 aliphatic rings. The molecule has 3 nitrogen and oxygen atoms in total. The minimum absolute atomic E-state index is 0.112. The Morgan fingerprint density at radius 2 is 2.06 bits per heavy atom. The Balaban J connectivity index is 2.07. The lowest BCUT2D eigenvalue weighted by molar-refractivity contribution is -0.0589. The SMILES string of the molecule is CC(C)(C)ONC(=O)c1csc2c1CCCC2. The van der Waals surface area contributed by atoms with E-state index in [-0.39, 0.29) is 11.5 Å². The van der Waals surface area contributed by atoms with Crippen LogP contribution in [0.1, 0.15) is 54.4 Å². The Kier molecular flexibility index (Phi) is 3.54. The number of amides is 1. The average Bonchev–Trinajstić information content (AvgIpc) is 2.68. The average molecular weight is 253 g/mol. The van der Waals surface area contributed by atoms with E-state index in [1.807, 2.05) is 26.2 Å². The standard InChI is InChI=1S/C13H19NO2S/c1-13(2,3)16-14-12(15)10-8-17-11-7-5-4-6-9(10)11/h8H,4-7H2,1-3H3,(H,14,15). The summed E-state index contributed by atoms with van der Waals surface area (Å²) in [5, 5.41) is 1.96. The van der Waals surface area contributed by atoms with Gasteiger partial charge in [0.25, 0.3) is 5.91 Å². The van der Waals surface area contributed by atoms with Gasteiger partial charge in [-0.1, -0.05) is 0 Å². The van der Waals surface area contributed by atoms with Crippen molar-refractivity contribution in [2.45, 2.75) is 52.1 Å². The summed E-state index contributed by atoms with van der Waals surface area (Å²) < 4.78 is 0. The van der Waals surface area contributed by atoms with Gasteiger partial charge in [0.2, 0.25) is 0 Å². The largest absolute Gasteiger partial charge is 0.275 e. The number of fused-ring (bicyclic) bond motifs is 1. The topological polar surface area (TPSA) is 38.3 Å². The van der Waals surface area contributed by atoms with Crippen LogP contribution in [0.2, 0.25) is 0 Å². The van der Waals surface area contributed by atoms with Gasteiger partial charge in [0.1, 0.15) is 0 Å². The minimum atomic E-state index is -0.355. The van der Waals surface area contributed by atoms with Gasteiger partial charge in [-0.3, -0.25) is 9.63 Å². The molecule has 1 aromatic rings. The minimum Gasteiger partial charge on any atom is -0.268 e. The van der Waals surface area contributed by atoms with E-state index < -0.39 is 0 Å². The van der Waals surface area contributed by atoms with E-state index in [4.69, 9.17) is 4.84 Å². The van der Waals surface area contributed by atoms with Crippen molar-refractivity contribution in [2.24, 2.45) is 0 Å². The molecule has 1 N–H and O–H groups in total. The maximum Gasteiger partial charge on any atom is 0.275 e. The van der Waals surface area contributed by atoms with Gasteiger partial charge in [-0.2, -0.15) is 0 Å². The van der Waals surface area contributed by atoms with E-state index >= 15 is 0 Å². The zero-order valence-corrected chi connectivity index (χ0v) is 11.4. The van der Waals surface area contributed by atoms with Gasteiger partial charge < -0.3 is 0 Å². The summed E-state index contributed by atoms with van der Waals surface area (Å²) in [6, 6.07) is 0. The van der Waals surface area contributed by atoms with Crippen LogP contribution in [0, 0.1) is 0 Å². The third kappa shape index (κ3) is 3.07. The van der Waals surface area contributed by atoms with Gasteiger partial charge in [0.15, 0.2) is 0 Å². The van der Waals surface area contributed by atoms with Crippen LogP contribution in [0.4, 0.5) is 0 Å². The molecule has 94 valence electrons. The number of nitrogens with one attached hydrogen (secondary N) is 1. The first-order valence-electron chi connectivity index (χ1n) is 6.05. The molecule has 4 heteroatoms. The second-order valence-corrected chi connectivity index (χ2v) is 6.37. The second-order valence-electron chi connectivity index (χ2n) is 5.40. The van der Waals surface area contributed by atoms with Crippen molar-refractivity contribution in [3.63, 3.8) is 0 Å². The predicted octanol–water partition coefficient (Wildman–Crippen LogP) is 3.09. The van der Waals surface area contributed by atoms with Crippen LogP contribution in [-0.2, 0) is 17.7 Å². The van der Waals surface area contributed by atoms with Gasteiger partial charge in [0, 0.05) is 10.3 Å². The van der Waals surface area contributed by atoms with Crippen LogP contribution in [0.3, 0.4) is 0 Å². The summed E-state index contributed by atoms with van der Waals surface area (Å²) in [5.41, 5.74) is 4.22. The molecule has 0 unspecified atom stereocenters. The molecule has 0 spiro atoms. The van der Waals surface area contributed by atoms with Crippen LogP contribution >= 0.6 is 11.3 Å². The number of hydrogen-bond acceptors (Lipinski definition) is 3. The van der Waals surface area contributed by atoms with Gasteiger partial charge >= 0.3 is 0 Å². The number of thiophene rings is 1. The third-order valence-electron chi connectivity index (χ3n) is 2.76. The normalized spacial score (nSPS) is 15.5. The predicted molar refractivity (Wildman–Crippen MR) is 69.3 cm³/mol. The first-order valence-corrected chi connectivity index (χ1v) is 6.93. The molecule has 1 aliphatic carbocycles. The number of carbonyl (C=O) groups excluding carboxylic acids is 1. The van der Waals surface area contributed by atoms with E-state index in [2.05, 4.69) is 5.48 Å². The number of rotatable bonds is 2. The number of hydrogen-bond donors (Lipinski definition) is 1. The van der Waals surface area contributed by atoms with Crippen LogP contribution in [0.5, 0.6) is 0 Å². The van der Waals surface area contributed by atoms with Gasteiger partial charge in [0.05, 0.1) is 11.2 Å². The summed E-state index contributed by atoms with van der Waals surface area (Å²) in [7, 11) is 0.